The predicted molar refractivity (Wildman–Crippen MR) is 137 cm³/mol. The van der Waals surface area contributed by atoms with E-state index in [1.54, 1.807) is 0 Å². The maximum atomic E-state index is 4.93. The summed E-state index contributed by atoms with van der Waals surface area (Å²) in [6.07, 6.45) is 3.45. The van der Waals surface area contributed by atoms with Crippen LogP contribution < -0.4 is 5.32 Å². The van der Waals surface area contributed by atoms with E-state index in [1.165, 1.54) is 18.4 Å². The summed E-state index contributed by atoms with van der Waals surface area (Å²) in [6.45, 7) is 2.97. The summed E-state index contributed by atoms with van der Waals surface area (Å²) in [4.78, 5) is 17.1. The number of unbranched alkanes of at least 4 members (excludes halogenated alkanes) is 2. The van der Waals surface area contributed by atoms with E-state index in [4.69, 9.17) is 15.0 Å². The average molecular weight is 436 g/mol. The number of para-hydroxylation sites is 3. The molecule has 5 heteroatoms. The number of rotatable bonds is 9. The molecule has 5 rings (SSSR count). The summed E-state index contributed by atoms with van der Waals surface area (Å²) in [5.41, 5.74) is 5.86. The van der Waals surface area contributed by atoms with Crippen LogP contribution >= 0.6 is 0 Å². The fraction of sp³-hybridized carbons (Fsp3) is 0.250. The molecule has 5 aromatic rings. The molecular formula is C28H29N5. The standard InChI is InChI=1S/C28H29N5/c1-33(20-21-12-4-2-5-13-21)19-11-3-10-18-29-28-27-26(22-14-6-7-15-23(22)32-28)30-24-16-8-9-17-25(24)31-27/h2,4-9,12-17H,3,10-11,18-20H2,1H3,(H,29,32). The van der Waals surface area contributed by atoms with Crippen LogP contribution in [0.5, 0.6) is 0 Å². The number of aromatic nitrogens is 3. The van der Waals surface area contributed by atoms with Crippen LogP contribution in [0.15, 0.2) is 78.9 Å². The molecule has 0 radical (unpaired) electrons. The SMILES string of the molecule is CN(CCCCCNc1nc2ccccc2c2nc3ccccc3nc12)Cc1ccccc1. The highest BCUT2D eigenvalue weighted by molar-refractivity contribution is 6.08. The Bertz CT molecular complexity index is 1370. The number of hydrogen-bond donors (Lipinski definition) is 1. The summed E-state index contributed by atoms with van der Waals surface area (Å²) >= 11 is 0. The predicted octanol–water partition coefficient (Wildman–Crippen LogP) is 6.05. The van der Waals surface area contributed by atoms with Gasteiger partial charge in [0.05, 0.1) is 16.6 Å². The first-order valence-corrected chi connectivity index (χ1v) is 11.7. The first-order chi connectivity index (χ1) is 16.3. The van der Waals surface area contributed by atoms with E-state index in [9.17, 15) is 0 Å². The molecule has 0 aliphatic rings. The quantitative estimate of drug-likeness (QED) is 0.174. The Morgan fingerprint density at radius 1 is 0.667 bits per heavy atom. The van der Waals surface area contributed by atoms with Gasteiger partial charge in [0.15, 0.2) is 5.82 Å². The van der Waals surface area contributed by atoms with Crippen molar-refractivity contribution in [3.63, 3.8) is 0 Å². The average Bonchev–Trinajstić information content (AvgIpc) is 2.85. The van der Waals surface area contributed by atoms with Gasteiger partial charge >= 0.3 is 0 Å². The number of nitrogens with one attached hydrogen (secondary N) is 1. The van der Waals surface area contributed by atoms with E-state index < -0.39 is 0 Å². The third kappa shape index (κ3) is 4.94. The van der Waals surface area contributed by atoms with Gasteiger partial charge in [-0.3, -0.25) is 0 Å². The van der Waals surface area contributed by atoms with Crippen molar-refractivity contribution in [3.05, 3.63) is 84.4 Å². The van der Waals surface area contributed by atoms with Crippen LogP contribution in [0.25, 0.3) is 33.0 Å². The molecule has 1 N–H and O–H groups in total. The minimum atomic E-state index is 0.822. The number of pyridine rings is 1. The molecule has 0 unspecified atom stereocenters. The lowest BCUT2D eigenvalue weighted by atomic mass is 10.1. The van der Waals surface area contributed by atoms with Gasteiger partial charge in [0.1, 0.15) is 11.0 Å². The monoisotopic (exact) mass is 435 g/mol. The first kappa shape index (κ1) is 21.3. The molecule has 0 saturated heterocycles. The Kier molecular flexibility index (Phi) is 6.40. The zero-order valence-corrected chi connectivity index (χ0v) is 19.0. The molecule has 0 bridgehead atoms. The molecule has 0 saturated carbocycles. The molecule has 166 valence electrons. The highest BCUT2D eigenvalue weighted by Gasteiger charge is 2.12. The smallest absolute Gasteiger partial charge is 0.154 e. The fourth-order valence-corrected chi connectivity index (χ4v) is 4.29. The number of benzene rings is 3. The number of fused-ring (bicyclic) bond motifs is 4. The molecule has 2 heterocycles. The summed E-state index contributed by atoms with van der Waals surface area (Å²) in [6, 6.07) is 26.8. The van der Waals surface area contributed by atoms with E-state index in [2.05, 4.69) is 53.7 Å². The van der Waals surface area contributed by atoms with Crippen molar-refractivity contribution < 1.29 is 0 Å². The van der Waals surface area contributed by atoms with Crippen molar-refractivity contribution in [2.24, 2.45) is 0 Å². The lowest BCUT2D eigenvalue weighted by molar-refractivity contribution is 0.318. The van der Waals surface area contributed by atoms with Crippen molar-refractivity contribution in [3.8, 4) is 0 Å². The number of hydrogen-bond acceptors (Lipinski definition) is 5. The normalized spacial score (nSPS) is 11.6. The van der Waals surface area contributed by atoms with Gasteiger partial charge in [0.25, 0.3) is 0 Å². The van der Waals surface area contributed by atoms with Gasteiger partial charge in [0, 0.05) is 18.5 Å². The van der Waals surface area contributed by atoms with E-state index in [0.717, 1.165) is 64.8 Å². The van der Waals surface area contributed by atoms with Crippen molar-refractivity contribution >= 4 is 38.8 Å². The second-order valence-corrected chi connectivity index (χ2v) is 8.60. The maximum absolute atomic E-state index is 4.93. The van der Waals surface area contributed by atoms with E-state index in [1.807, 2.05) is 42.5 Å². The molecule has 33 heavy (non-hydrogen) atoms. The van der Waals surface area contributed by atoms with Gasteiger partial charge in [0.2, 0.25) is 0 Å². The molecule has 0 aliphatic carbocycles. The van der Waals surface area contributed by atoms with Crippen LogP contribution in [-0.2, 0) is 6.54 Å². The molecule has 0 atom stereocenters. The summed E-state index contributed by atoms with van der Waals surface area (Å²) in [5, 5.41) is 4.58. The van der Waals surface area contributed by atoms with E-state index in [-0.39, 0.29) is 0 Å². The lowest BCUT2D eigenvalue weighted by Crippen LogP contribution is -2.19. The zero-order valence-electron chi connectivity index (χ0n) is 19.0. The van der Waals surface area contributed by atoms with E-state index in [0.29, 0.717) is 0 Å². The van der Waals surface area contributed by atoms with Gasteiger partial charge in [-0.1, -0.05) is 67.1 Å². The van der Waals surface area contributed by atoms with Crippen LogP contribution in [0.2, 0.25) is 0 Å². The Balaban J connectivity index is 1.23. The Labute approximate surface area is 194 Å². The van der Waals surface area contributed by atoms with Gasteiger partial charge < -0.3 is 10.2 Å². The zero-order chi connectivity index (χ0) is 22.5. The van der Waals surface area contributed by atoms with Crippen LogP contribution in [0, 0.1) is 0 Å². The van der Waals surface area contributed by atoms with Crippen molar-refractivity contribution in [2.45, 2.75) is 25.8 Å². The summed E-state index contributed by atoms with van der Waals surface area (Å²) in [5.74, 6) is 0.822. The molecule has 0 fully saturated rings. The Morgan fingerprint density at radius 3 is 2.12 bits per heavy atom. The van der Waals surface area contributed by atoms with Gasteiger partial charge in [-0.05, 0) is 50.2 Å². The second-order valence-electron chi connectivity index (χ2n) is 8.60. The lowest BCUT2D eigenvalue weighted by Gasteiger charge is -2.16. The number of nitrogens with zero attached hydrogens (tertiary/aromatic N) is 4. The third-order valence-electron chi connectivity index (χ3n) is 5.99. The minimum absolute atomic E-state index is 0.822. The van der Waals surface area contributed by atoms with Crippen molar-refractivity contribution in [1.29, 1.82) is 0 Å². The van der Waals surface area contributed by atoms with E-state index >= 15 is 0 Å². The largest absolute Gasteiger partial charge is 0.368 e. The first-order valence-electron chi connectivity index (χ1n) is 11.7. The Hall–Kier alpha value is -3.57. The second kappa shape index (κ2) is 9.92. The van der Waals surface area contributed by atoms with Gasteiger partial charge in [-0.2, -0.15) is 0 Å². The van der Waals surface area contributed by atoms with Crippen LogP contribution in [0.1, 0.15) is 24.8 Å². The van der Waals surface area contributed by atoms with Crippen LogP contribution in [0.3, 0.4) is 0 Å². The van der Waals surface area contributed by atoms with Gasteiger partial charge in [-0.25, -0.2) is 15.0 Å². The summed E-state index contributed by atoms with van der Waals surface area (Å²) in [7, 11) is 2.19. The Morgan fingerprint density at radius 2 is 1.33 bits per heavy atom. The molecular weight excluding hydrogens is 406 g/mol. The molecule has 5 nitrogen and oxygen atoms in total. The molecule has 0 spiro atoms. The highest BCUT2D eigenvalue weighted by atomic mass is 15.1. The van der Waals surface area contributed by atoms with Crippen LogP contribution in [0.4, 0.5) is 5.82 Å². The number of anilines is 1. The van der Waals surface area contributed by atoms with Crippen molar-refractivity contribution in [2.75, 3.05) is 25.5 Å². The third-order valence-corrected chi connectivity index (χ3v) is 5.99. The van der Waals surface area contributed by atoms with Gasteiger partial charge in [-0.15, -0.1) is 0 Å². The fourth-order valence-electron chi connectivity index (χ4n) is 4.29. The maximum Gasteiger partial charge on any atom is 0.154 e. The topological polar surface area (TPSA) is 53.9 Å². The highest BCUT2D eigenvalue weighted by Crippen LogP contribution is 2.28. The summed E-state index contributed by atoms with van der Waals surface area (Å²) < 4.78 is 0. The van der Waals surface area contributed by atoms with Crippen molar-refractivity contribution in [1.82, 2.24) is 19.9 Å². The molecule has 0 amide bonds. The van der Waals surface area contributed by atoms with Crippen LogP contribution in [-0.4, -0.2) is 40.0 Å². The molecule has 0 aliphatic heterocycles. The molecule has 2 aromatic heterocycles. The minimum Gasteiger partial charge on any atom is -0.368 e. The molecule has 3 aromatic carbocycles.